The Balaban J connectivity index is 2.03. The number of hydrogen-bond donors (Lipinski definition) is 1. The van der Waals surface area contributed by atoms with E-state index in [2.05, 4.69) is 10.4 Å². The Labute approximate surface area is 164 Å². The highest BCUT2D eigenvalue weighted by atomic mass is 32.1. The van der Waals surface area contributed by atoms with Crippen molar-refractivity contribution in [2.24, 2.45) is 0 Å². The number of ether oxygens (including phenoxy) is 1. The van der Waals surface area contributed by atoms with E-state index in [9.17, 15) is 24.5 Å². The van der Waals surface area contributed by atoms with Crippen molar-refractivity contribution in [2.75, 3.05) is 11.9 Å². The molecule has 0 bridgehead atoms. The predicted octanol–water partition coefficient (Wildman–Crippen LogP) is 2.96. The first-order valence-electron chi connectivity index (χ1n) is 8.52. The Hall–Kier alpha value is -3.08. The number of Topliss-reactive ketones (excluding diaryl/α,β-unsaturated/α-hetero) is 1. The number of ketones is 1. The Morgan fingerprint density at radius 1 is 1.39 bits per heavy atom. The minimum atomic E-state index is -0.595. The van der Waals surface area contributed by atoms with Crippen LogP contribution >= 0.6 is 11.3 Å². The number of aromatic nitrogens is 2. The lowest BCUT2D eigenvalue weighted by Crippen LogP contribution is -2.15. The molecule has 0 unspecified atom stereocenters. The number of hydrogen-bond acceptors (Lipinski definition) is 8. The number of carbonyl (C=O) groups excluding carboxylic acids is 3. The molecule has 1 N–H and O–H groups in total. The number of thiophene rings is 1. The Kier molecular flexibility index (Phi) is 6.99. The van der Waals surface area contributed by atoms with Gasteiger partial charge in [0.15, 0.2) is 5.78 Å². The van der Waals surface area contributed by atoms with Gasteiger partial charge in [0.05, 0.1) is 22.0 Å². The molecule has 0 fully saturated rings. The molecule has 150 valence electrons. The number of amides is 1. The molecule has 0 radical (unpaired) electrons. The van der Waals surface area contributed by atoms with Crippen LogP contribution in [0.4, 0.5) is 10.7 Å². The van der Waals surface area contributed by atoms with E-state index in [-0.39, 0.29) is 41.0 Å². The van der Waals surface area contributed by atoms with Crippen molar-refractivity contribution in [3.8, 4) is 0 Å². The summed E-state index contributed by atoms with van der Waals surface area (Å²) in [7, 11) is 0. The van der Waals surface area contributed by atoms with Crippen molar-refractivity contribution >= 4 is 39.7 Å². The largest absolute Gasteiger partial charge is 0.462 e. The Morgan fingerprint density at radius 3 is 2.68 bits per heavy atom. The van der Waals surface area contributed by atoms with E-state index < -0.39 is 10.9 Å². The van der Waals surface area contributed by atoms with Crippen LogP contribution < -0.4 is 5.32 Å². The van der Waals surface area contributed by atoms with Crippen LogP contribution in [0.25, 0.3) is 0 Å². The van der Waals surface area contributed by atoms with Gasteiger partial charge in [-0.25, -0.2) is 4.79 Å². The third-order valence-corrected chi connectivity index (χ3v) is 5.13. The molecule has 0 saturated heterocycles. The SMILES string of the molecule is CCOC(=O)c1c(NC(=O)CCCn2cc([N+](=O)[O-])cn2)sc(C(C)=O)c1C. The monoisotopic (exact) mass is 408 g/mol. The van der Waals surface area contributed by atoms with Gasteiger partial charge in [0.2, 0.25) is 5.91 Å². The average molecular weight is 408 g/mol. The number of aryl methyl sites for hydroxylation is 1. The summed E-state index contributed by atoms with van der Waals surface area (Å²) in [5.41, 5.74) is 0.553. The number of anilines is 1. The summed E-state index contributed by atoms with van der Waals surface area (Å²) < 4.78 is 6.41. The van der Waals surface area contributed by atoms with Crippen LogP contribution in [-0.2, 0) is 16.1 Å². The van der Waals surface area contributed by atoms with Crippen LogP contribution in [0.2, 0.25) is 0 Å². The summed E-state index contributed by atoms with van der Waals surface area (Å²) in [5, 5.41) is 17.4. The van der Waals surface area contributed by atoms with Crippen LogP contribution in [0.3, 0.4) is 0 Å². The first-order chi connectivity index (χ1) is 13.2. The summed E-state index contributed by atoms with van der Waals surface area (Å²) in [6.07, 6.45) is 2.94. The number of nitrogens with zero attached hydrogens (tertiary/aromatic N) is 3. The van der Waals surface area contributed by atoms with E-state index in [0.717, 1.165) is 17.5 Å². The van der Waals surface area contributed by atoms with E-state index >= 15 is 0 Å². The highest BCUT2D eigenvalue weighted by Gasteiger charge is 2.25. The quantitative estimate of drug-likeness (QED) is 0.292. The molecule has 0 aliphatic rings. The van der Waals surface area contributed by atoms with Crippen molar-refractivity contribution in [2.45, 2.75) is 40.2 Å². The van der Waals surface area contributed by atoms with E-state index in [1.165, 1.54) is 17.8 Å². The lowest BCUT2D eigenvalue weighted by Gasteiger charge is -2.07. The van der Waals surface area contributed by atoms with E-state index in [0.29, 0.717) is 23.4 Å². The topological polar surface area (TPSA) is 133 Å². The third kappa shape index (κ3) is 5.00. The zero-order valence-corrected chi connectivity index (χ0v) is 16.5. The maximum absolute atomic E-state index is 12.3. The smallest absolute Gasteiger partial charge is 0.341 e. The van der Waals surface area contributed by atoms with Crippen molar-refractivity contribution in [1.29, 1.82) is 0 Å². The predicted molar refractivity (Wildman–Crippen MR) is 102 cm³/mol. The number of nitro groups is 1. The molecule has 2 aromatic heterocycles. The highest BCUT2D eigenvalue weighted by Crippen LogP contribution is 2.34. The second kappa shape index (κ2) is 9.22. The number of carbonyl (C=O) groups is 3. The molecule has 2 rings (SSSR count). The number of nitrogens with one attached hydrogen (secondary N) is 1. The molecule has 10 nitrogen and oxygen atoms in total. The third-order valence-electron chi connectivity index (χ3n) is 3.82. The van der Waals surface area contributed by atoms with E-state index in [4.69, 9.17) is 4.74 Å². The lowest BCUT2D eigenvalue weighted by molar-refractivity contribution is -0.385. The first kappa shape index (κ1) is 21.2. The normalized spacial score (nSPS) is 10.5. The molecule has 0 spiro atoms. The average Bonchev–Trinajstić information content (AvgIpc) is 3.20. The van der Waals surface area contributed by atoms with Crippen molar-refractivity contribution in [1.82, 2.24) is 9.78 Å². The molecular formula is C17H20N4O6S. The fraction of sp³-hybridized carbons (Fsp3) is 0.412. The van der Waals surface area contributed by atoms with Crippen LogP contribution in [0.1, 0.15) is 52.3 Å². The molecule has 0 aliphatic carbocycles. The van der Waals surface area contributed by atoms with Gasteiger partial charge in [-0.3, -0.25) is 24.4 Å². The van der Waals surface area contributed by atoms with Gasteiger partial charge >= 0.3 is 11.7 Å². The summed E-state index contributed by atoms with van der Waals surface area (Å²) >= 11 is 1.04. The summed E-state index contributed by atoms with van der Waals surface area (Å²) in [4.78, 5) is 46.7. The van der Waals surface area contributed by atoms with Gasteiger partial charge in [0.25, 0.3) is 0 Å². The Bertz CT molecular complexity index is 917. The molecule has 1 amide bonds. The second-order valence-corrected chi connectivity index (χ2v) is 6.93. The first-order valence-corrected chi connectivity index (χ1v) is 9.34. The number of esters is 1. The summed E-state index contributed by atoms with van der Waals surface area (Å²) in [6.45, 7) is 5.20. The molecule has 0 atom stereocenters. The zero-order chi connectivity index (χ0) is 20.8. The molecule has 2 aromatic rings. The van der Waals surface area contributed by atoms with Crippen molar-refractivity contribution in [3.05, 3.63) is 38.5 Å². The molecule has 11 heteroatoms. The molecule has 0 aromatic carbocycles. The lowest BCUT2D eigenvalue weighted by atomic mass is 10.1. The fourth-order valence-electron chi connectivity index (χ4n) is 2.55. The molecular weight excluding hydrogens is 388 g/mol. The highest BCUT2D eigenvalue weighted by molar-refractivity contribution is 7.18. The standard InChI is InChI=1S/C17H20N4O6S/c1-4-27-17(24)14-10(2)15(11(3)22)28-16(14)19-13(23)6-5-7-20-9-12(8-18-20)21(25)26/h8-9H,4-7H2,1-3H3,(H,19,23). The van der Waals surface area contributed by atoms with E-state index in [1.807, 2.05) is 0 Å². The van der Waals surface area contributed by atoms with Crippen LogP contribution in [0, 0.1) is 17.0 Å². The van der Waals surface area contributed by atoms with Crippen LogP contribution in [-0.4, -0.2) is 39.0 Å². The van der Waals surface area contributed by atoms with Gasteiger partial charge in [-0.1, -0.05) is 0 Å². The maximum atomic E-state index is 12.3. The molecule has 28 heavy (non-hydrogen) atoms. The van der Waals surface area contributed by atoms with Crippen molar-refractivity contribution < 1.29 is 24.0 Å². The Morgan fingerprint density at radius 2 is 2.11 bits per heavy atom. The van der Waals surface area contributed by atoms with E-state index in [1.54, 1.807) is 13.8 Å². The summed E-state index contributed by atoms with van der Waals surface area (Å²) in [5.74, 6) is -1.14. The minimum absolute atomic E-state index is 0.113. The van der Waals surface area contributed by atoms with Gasteiger partial charge < -0.3 is 10.1 Å². The molecule has 0 saturated carbocycles. The van der Waals surface area contributed by atoms with Crippen LogP contribution in [0.15, 0.2) is 12.4 Å². The minimum Gasteiger partial charge on any atom is -0.462 e. The van der Waals surface area contributed by atoms with Crippen LogP contribution in [0.5, 0.6) is 0 Å². The van der Waals surface area contributed by atoms with Gasteiger partial charge in [-0.2, -0.15) is 5.10 Å². The zero-order valence-electron chi connectivity index (χ0n) is 15.7. The maximum Gasteiger partial charge on any atom is 0.341 e. The van der Waals surface area contributed by atoms with Gasteiger partial charge in [-0.05, 0) is 32.8 Å². The summed E-state index contributed by atoms with van der Waals surface area (Å²) in [6, 6.07) is 0. The second-order valence-electron chi connectivity index (χ2n) is 5.91. The molecule has 0 aliphatic heterocycles. The molecule has 2 heterocycles. The fourth-order valence-corrected chi connectivity index (χ4v) is 3.65. The number of rotatable bonds is 9. The van der Waals surface area contributed by atoms with Gasteiger partial charge in [0, 0.05) is 13.0 Å². The van der Waals surface area contributed by atoms with Gasteiger partial charge in [-0.15, -0.1) is 11.3 Å². The van der Waals surface area contributed by atoms with Crippen molar-refractivity contribution in [3.63, 3.8) is 0 Å². The van der Waals surface area contributed by atoms with Gasteiger partial charge in [0.1, 0.15) is 17.4 Å².